The van der Waals surface area contributed by atoms with E-state index in [1.54, 1.807) is 18.2 Å². The van der Waals surface area contributed by atoms with Crippen molar-refractivity contribution in [3.05, 3.63) is 47.8 Å². The molecule has 1 unspecified atom stereocenters. The average molecular weight is 333 g/mol. The molecule has 132 valence electrons. The van der Waals surface area contributed by atoms with Gasteiger partial charge in [0.2, 0.25) is 0 Å². The molecule has 0 amide bonds. The second-order valence-corrected chi connectivity index (χ2v) is 6.75. The molecule has 2 rings (SSSR count). The lowest BCUT2D eigenvalue weighted by Gasteiger charge is -2.37. The van der Waals surface area contributed by atoms with Crippen molar-refractivity contribution in [3.63, 3.8) is 0 Å². The van der Waals surface area contributed by atoms with Gasteiger partial charge >= 0.3 is 5.97 Å². The summed E-state index contributed by atoms with van der Waals surface area (Å²) in [5.74, 6) is 0.556. The summed E-state index contributed by atoms with van der Waals surface area (Å²) < 4.78 is 18.1. The molecule has 1 aliphatic carbocycles. The maximum atomic E-state index is 13.2. The molecule has 1 aromatic carbocycles. The Bertz CT molecular complexity index is 545. The van der Waals surface area contributed by atoms with Gasteiger partial charge in [0.25, 0.3) is 0 Å². The van der Waals surface area contributed by atoms with Crippen LogP contribution in [0.2, 0.25) is 0 Å². The van der Waals surface area contributed by atoms with E-state index in [0.29, 0.717) is 24.5 Å². The fourth-order valence-electron chi connectivity index (χ4n) is 3.71. The number of esters is 1. The van der Waals surface area contributed by atoms with Gasteiger partial charge in [-0.05, 0) is 76.2 Å². The quantitative estimate of drug-likeness (QED) is 0.572. The third kappa shape index (κ3) is 5.17. The van der Waals surface area contributed by atoms with Gasteiger partial charge in [-0.1, -0.05) is 18.2 Å². The number of nitrogens with zero attached hydrogens (tertiary/aromatic N) is 1. The lowest BCUT2D eigenvalue weighted by molar-refractivity contribution is -0.137. The van der Waals surface area contributed by atoms with Crippen LogP contribution in [0, 0.1) is 17.7 Å². The minimum atomic E-state index is -0.253. The Morgan fingerprint density at radius 2 is 1.88 bits per heavy atom. The van der Waals surface area contributed by atoms with Gasteiger partial charge in [0, 0.05) is 12.1 Å². The van der Waals surface area contributed by atoms with Crippen LogP contribution in [0.1, 0.15) is 44.2 Å². The second-order valence-electron chi connectivity index (χ2n) is 6.75. The van der Waals surface area contributed by atoms with Crippen molar-refractivity contribution < 1.29 is 13.9 Å². The zero-order valence-electron chi connectivity index (χ0n) is 14.9. The number of hydrogen-bond acceptors (Lipinski definition) is 3. The number of benzene rings is 1. The first-order chi connectivity index (χ1) is 11.5. The highest BCUT2D eigenvalue weighted by Crippen LogP contribution is 2.39. The van der Waals surface area contributed by atoms with E-state index in [9.17, 15) is 9.18 Å². The van der Waals surface area contributed by atoms with Crippen LogP contribution in [0.3, 0.4) is 0 Å². The largest absolute Gasteiger partial charge is 0.463 e. The van der Waals surface area contributed by atoms with Crippen LogP contribution in [0.25, 0.3) is 0 Å². The summed E-state index contributed by atoms with van der Waals surface area (Å²) in [5.41, 5.74) is 1.17. The first-order valence-electron chi connectivity index (χ1n) is 8.78. The molecule has 0 saturated heterocycles. The first kappa shape index (κ1) is 18.7. The molecule has 0 radical (unpaired) electrons. The zero-order chi connectivity index (χ0) is 17.5. The van der Waals surface area contributed by atoms with E-state index in [2.05, 4.69) is 19.0 Å². The fraction of sp³-hybridized carbons (Fsp3) is 0.550. The van der Waals surface area contributed by atoms with Gasteiger partial charge in [-0.15, -0.1) is 0 Å². The SMILES string of the molecule is CCOC(=O)/C=C/C1CCC(C(c2ccc(F)cc2)N(C)C)CC1. The molecule has 0 heterocycles. The molecule has 1 aromatic rings. The Labute approximate surface area is 144 Å². The predicted molar refractivity (Wildman–Crippen MR) is 94.0 cm³/mol. The monoisotopic (exact) mass is 333 g/mol. The van der Waals surface area contributed by atoms with E-state index in [4.69, 9.17) is 4.74 Å². The molecular formula is C20H28FNO2. The smallest absolute Gasteiger partial charge is 0.330 e. The standard InChI is InChI=1S/C20H28FNO2/c1-4-24-19(23)14-7-15-5-8-16(9-6-15)20(22(2)3)17-10-12-18(21)13-11-17/h7,10-16,20H,4-6,8-9H2,1-3H3/b14-7+. The van der Waals surface area contributed by atoms with Crippen molar-refractivity contribution in [3.8, 4) is 0 Å². The van der Waals surface area contributed by atoms with E-state index in [-0.39, 0.29) is 11.8 Å². The van der Waals surface area contributed by atoms with Crippen LogP contribution in [0.5, 0.6) is 0 Å². The van der Waals surface area contributed by atoms with Crippen molar-refractivity contribution in [1.82, 2.24) is 4.90 Å². The number of allylic oxidation sites excluding steroid dienone is 1. The highest BCUT2D eigenvalue weighted by molar-refractivity contribution is 5.81. The van der Waals surface area contributed by atoms with Crippen LogP contribution in [0.4, 0.5) is 4.39 Å². The summed E-state index contributed by atoms with van der Waals surface area (Å²) in [7, 11) is 4.17. The third-order valence-corrected chi connectivity index (χ3v) is 4.82. The lowest BCUT2D eigenvalue weighted by Crippen LogP contribution is -2.30. The minimum Gasteiger partial charge on any atom is -0.463 e. The Hall–Kier alpha value is -1.68. The molecule has 4 heteroatoms. The Morgan fingerprint density at radius 1 is 1.25 bits per heavy atom. The molecule has 0 N–H and O–H groups in total. The lowest BCUT2D eigenvalue weighted by atomic mass is 9.76. The first-order valence-corrected chi connectivity index (χ1v) is 8.78. The summed E-state index contributed by atoms with van der Waals surface area (Å²) in [4.78, 5) is 13.6. The maximum absolute atomic E-state index is 13.2. The Morgan fingerprint density at radius 3 is 2.42 bits per heavy atom. The average Bonchev–Trinajstić information content (AvgIpc) is 2.56. The van der Waals surface area contributed by atoms with Gasteiger partial charge in [-0.3, -0.25) is 0 Å². The van der Waals surface area contributed by atoms with Crippen LogP contribution >= 0.6 is 0 Å². The summed E-state index contributed by atoms with van der Waals surface area (Å²) in [6.45, 7) is 2.23. The molecule has 1 fully saturated rings. The third-order valence-electron chi connectivity index (χ3n) is 4.82. The highest BCUT2D eigenvalue weighted by Gasteiger charge is 2.29. The molecule has 24 heavy (non-hydrogen) atoms. The van der Waals surface area contributed by atoms with Crippen molar-refractivity contribution in [2.24, 2.45) is 11.8 Å². The molecule has 1 aliphatic rings. The molecule has 0 aromatic heterocycles. The number of hydrogen-bond donors (Lipinski definition) is 0. The van der Waals surface area contributed by atoms with Crippen molar-refractivity contribution >= 4 is 5.97 Å². The van der Waals surface area contributed by atoms with Gasteiger partial charge in [0.1, 0.15) is 5.82 Å². The summed E-state index contributed by atoms with van der Waals surface area (Å²) >= 11 is 0. The summed E-state index contributed by atoms with van der Waals surface area (Å²) in [6.07, 6.45) is 7.93. The number of ether oxygens (including phenoxy) is 1. The zero-order valence-corrected chi connectivity index (χ0v) is 14.9. The molecule has 0 bridgehead atoms. The molecule has 0 spiro atoms. The van der Waals surface area contributed by atoms with Crippen LogP contribution < -0.4 is 0 Å². The number of rotatable bonds is 6. The molecule has 0 aliphatic heterocycles. The maximum Gasteiger partial charge on any atom is 0.330 e. The number of carbonyl (C=O) groups is 1. The van der Waals surface area contributed by atoms with E-state index >= 15 is 0 Å². The van der Waals surface area contributed by atoms with Crippen molar-refractivity contribution in [1.29, 1.82) is 0 Å². The second kappa shape index (κ2) is 8.97. The molecule has 3 nitrogen and oxygen atoms in total. The highest BCUT2D eigenvalue weighted by atomic mass is 19.1. The van der Waals surface area contributed by atoms with Gasteiger partial charge < -0.3 is 9.64 Å². The van der Waals surface area contributed by atoms with Crippen molar-refractivity contribution in [2.75, 3.05) is 20.7 Å². The van der Waals surface area contributed by atoms with Gasteiger partial charge in [-0.25, -0.2) is 9.18 Å². The minimum absolute atomic E-state index is 0.191. The van der Waals surface area contributed by atoms with Gasteiger partial charge in [-0.2, -0.15) is 0 Å². The van der Waals surface area contributed by atoms with Crippen LogP contribution in [-0.4, -0.2) is 31.6 Å². The summed E-state index contributed by atoms with van der Waals surface area (Å²) in [6, 6.07) is 7.18. The molecule has 1 saturated carbocycles. The van der Waals surface area contributed by atoms with Crippen molar-refractivity contribution in [2.45, 2.75) is 38.6 Å². The van der Waals surface area contributed by atoms with E-state index in [1.165, 1.54) is 5.56 Å². The Balaban J connectivity index is 1.96. The van der Waals surface area contributed by atoms with E-state index in [0.717, 1.165) is 25.7 Å². The van der Waals surface area contributed by atoms with Crippen LogP contribution in [-0.2, 0) is 9.53 Å². The van der Waals surface area contributed by atoms with Gasteiger partial charge in [0.15, 0.2) is 0 Å². The van der Waals surface area contributed by atoms with E-state index < -0.39 is 0 Å². The summed E-state index contributed by atoms with van der Waals surface area (Å²) in [5, 5.41) is 0. The fourth-order valence-corrected chi connectivity index (χ4v) is 3.71. The predicted octanol–water partition coefficient (Wildman–Crippen LogP) is 4.35. The van der Waals surface area contributed by atoms with Crippen LogP contribution in [0.15, 0.2) is 36.4 Å². The van der Waals surface area contributed by atoms with Gasteiger partial charge in [0.05, 0.1) is 6.61 Å². The van der Waals surface area contributed by atoms with E-state index in [1.807, 2.05) is 25.1 Å². The number of halogens is 1. The normalized spacial score (nSPS) is 22.7. The Kier molecular flexibility index (Phi) is 6.98. The molecule has 1 atom stereocenters. The molecular weight excluding hydrogens is 305 g/mol. The number of carbonyl (C=O) groups excluding carboxylic acids is 1. The topological polar surface area (TPSA) is 29.5 Å².